The molecule has 1 aliphatic carbocycles. The molecule has 0 amide bonds. The Morgan fingerprint density at radius 3 is 2.85 bits per heavy atom. The number of hydrogen-bond acceptors (Lipinski definition) is 6. The van der Waals surface area contributed by atoms with Crippen LogP contribution in [0, 0.1) is 0 Å². The zero-order valence-corrected chi connectivity index (χ0v) is 12.2. The van der Waals surface area contributed by atoms with Crippen molar-refractivity contribution in [3.8, 4) is 0 Å². The summed E-state index contributed by atoms with van der Waals surface area (Å²) in [5.41, 5.74) is 5.56. The van der Waals surface area contributed by atoms with Gasteiger partial charge in [-0.25, -0.2) is 0 Å². The quantitative estimate of drug-likeness (QED) is 0.884. The summed E-state index contributed by atoms with van der Waals surface area (Å²) in [5.74, 6) is 1.34. The second-order valence-electron chi connectivity index (χ2n) is 6.31. The molecule has 1 aromatic heterocycles. The van der Waals surface area contributed by atoms with Crippen molar-refractivity contribution in [3.63, 3.8) is 0 Å². The fourth-order valence-electron chi connectivity index (χ4n) is 2.52. The Kier molecular flexibility index (Phi) is 3.79. The Bertz CT molecular complexity index is 456. The van der Waals surface area contributed by atoms with Crippen LogP contribution < -0.4 is 5.73 Å². The molecule has 1 aromatic rings. The maximum Gasteiger partial charge on any atom is 0.232 e. The molecule has 2 heterocycles. The van der Waals surface area contributed by atoms with Gasteiger partial charge in [-0.1, -0.05) is 5.16 Å². The van der Waals surface area contributed by atoms with E-state index in [0.29, 0.717) is 31.0 Å². The number of nitrogens with zero attached hydrogens (tertiary/aromatic N) is 2. The summed E-state index contributed by atoms with van der Waals surface area (Å²) in [4.78, 5) is 4.46. The number of ether oxygens (including phenoxy) is 2. The van der Waals surface area contributed by atoms with Crippen molar-refractivity contribution in [1.29, 1.82) is 0 Å². The first-order chi connectivity index (χ1) is 9.54. The third-order valence-electron chi connectivity index (χ3n) is 4.17. The largest absolute Gasteiger partial charge is 0.378 e. The zero-order chi connectivity index (χ0) is 14.2. The first-order valence-corrected chi connectivity index (χ1v) is 7.41. The number of nitrogens with two attached hydrogens (primary N) is 1. The molecule has 2 fully saturated rings. The fourth-order valence-corrected chi connectivity index (χ4v) is 2.52. The first kappa shape index (κ1) is 14.0. The Hall–Kier alpha value is -0.980. The molecule has 0 radical (unpaired) electrons. The van der Waals surface area contributed by atoms with Gasteiger partial charge in [0, 0.05) is 0 Å². The summed E-state index contributed by atoms with van der Waals surface area (Å²) in [7, 11) is 0. The third kappa shape index (κ3) is 2.87. The number of hydrogen-bond donors (Lipinski definition) is 1. The van der Waals surface area contributed by atoms with Gasteiger partial charge in [-0.05, 0) is 39.5 Å². The van der Waals surface area contributed by atoms with E-state index in [0.717, 1.165) is 19.3 Å². The molecule has 112 valence electrons. The van der Waals surface area contributed by atoms with Gasteiger partial charge in [0.2, 0.25) is 5.89 Å². The second-order valence-corrected chi connectivity index (χ2v) is 6.31. The predicted molar refractivity (Wildman–Crippen MR) is 72.2 cm³/mol. The summed E-state index contributed by atoms with van der Waals surface area (Å²) in [5, 5.41) is 4.03. The highest BCUT2D eigenvalue weighted by atomic mass is 16.5. The van der Waals surface area contributed by atoms with Gasteiger partial charge in [0.25, 0.3) is 0 Å². The minimum Gasteiger partial charge on any atom is -0.378 e. The van der Waals surface area contributed by atoms with Crippen molar-refractivity contribution in [3.05, 3.63) is 11.7 Å². The van der Waals surface area contributed by atoms with Crippen LogP contribution in [0.25, 0.3) is 0 Å². The van der Waals surface area contributed by atoms with Crippen LogP contribution in [0.2, 0.25) is 0 Å². The molecule has 2 aliphatic rings. The van der Waals surface area contributed by atoms with E-state index in [9.17, 15) is 0 Å². The zero-order valence-electron chi connectivity index (χ0n) is 12.2. The minimum absolute atomic E-state index is 0.189. The maximum atomic E-state index is 6.26. The lowest BCUT2D eigenvalue weighted by atomic mass is 9.95. The molecule has 2 N–H and O–H groups in total. The third-order valence-corrected chi connectivity index (χ3v) is 4.17. The highest BCUT2D eigenvalue weighted by Gasteiger charge is 2.33. The van der Waals surface area contributed by atoms with Crippen molar-refractivity contribution in [2.45, 2.75) is 63.2 Å². The minimum atomic E-state index is -0.706. The van der Waals surface area contributed by atoms with Gasteiger partial charge < -0.3 is 19.7 Å². The van der Waals surface area contributed by atoms with Crippen LogP contribution in [-0.2, 0) is 15.0 Å². The molecule has 6 nitrogen and oxygen atoms in total. The van der Waals surface area contributed by atoms with E-state index in [1.165, 1.54) is 6.42 Å². The summed E-state index contributed by atoms with van der Waals surface area (Å²) >= 11 is 0. The van der Waals surface area contributed by atoms with Crippen LogP contribution in [0.4, 0.5) is 0 Å². The average molecular weight is 281 g/mol. The Balaban J connectivity index is 1.62. The molecule has 20 heavy (non-hydrogen) atoms. The second kappa shape index (κ2) is 5.42. The lowest BCUT2D eigenvalue weighted by Gasteiger charge is -2.29. The summed E-state index contributed by atoms with van der Waals surface area (Å²) < 4.78 is 16.7. The van der Waals surface area contributed by atoms with Gasteiger partial charge >= 0.3 is 0 Å². The average Bonchev–Trinajstić information content (AvgIpc) is 2.94. The molecule has 6 heteroatoms. The van der Waals surface area contributed by atoms with Crippen LogP contribution >= 0.6 is 0 Å². The highest BCUT2D eigenvalue weighted by molar-refractivity contribution is 5.05. The van der Waals surface area contributed by atoms with Gasteiger partial charge in [-0.2, -0.15) is 4.98 Å². The van der Waals surface area contributed by atoms with Gasteiger partial charge in [-0.3, -0.25) is 0 Å². The van der Waals surface area contributed by atoms with Crippen LogP contribution in [-0.4, -0.2) is 35.6 Å². The van der Waals surface area contributed by atoms with Crippen LogP contribution in [0.3, 0.4) is 0 Å². The van der Waals surface area contributed by atoms with E-state index in [2.05, 4.69) is 17.1 Å². The fraction of sp³-hybridized carbons (Fsp3) is 0.857. The molecule has 0 aromatic carbocycles. The molecule has 0 bridgehead atoms. The predicted octanol–water partition coefficient (Wildman–Crippen LogP) is 1.70. The monoisotopic (exact) mass is 281 g/mol. The van der Waals surface area contributed by atoms with Gasteiger partial charge in [0.15, 0.2) is 5.82 Å². The number of rotatable bonds is 5. The van der Waals surface area contributed by atoms with E-state index >= 15 is 0 Å². The summed E-state index contributed by atoms with van der Waals surface area (Å²) in [6, 6.07) is 0. The molecule has 3 atom stereocenters. The Morgan fingerprint density at radius 2 is 2.25 bits per heavy atom. The smallest absolute Gasteiger partial charge is 0.232 e. The lowest BCUT2D eigenvalue weighted by Crippen LogP contribution is -2.41. The standard InChI is InChI=1S/C14H23N3O3/c1-9-6-10(7-18-9)12-16-13(17-20-12)14(2,15)8-19-11-4-3-5-11/h9-11H,3-8,15H2,1-2H3. The summed E-state index contributed by atoms with van der Waals surface area (Å²) in [6.45, 7) is 5.00. The molecule has 1 aliphatic heterocycles. The van der Waals surface area contributed by atoms with Crippen LogP contribution in [0.15, 0.2) is 4.52 Å². The number of aromatic nitrogens is 2. The first-order valence-electron chi connectivity index (χ1n) is 7.41. The van der Waals surface area contributed by atoms with Crippen molar-refractivity contribution in [2.24, 2.45) is 5.73 Å². The lowest BCUT2D eigenvalue weighted by molar-refractivity contribution is -0.0222. The molecule has 1 saturated heterocycles. The SMILES string of the molecule is CC1CC(c2nc(C(C)(N)COC3CCC3)no2)CO1. The molecular weight excluding hydrogens is 258 g/mol. The van der Waals surface area contributed by atoms with Gasteiger partial charge in [0.05, 0.1) is 31.3 Å². The normalized spacial score (nSPS) is 30.1. The molecule has 1 saturated carbocycles. The van der Waals surface area contributed by atoms with Gasteiger partial charge in [0.1, 0.15) is 5.54 Å². The van der Waals surface area contributed by atoms with Crippen molar-refractivity contribution in [2.75, 3.05) is 13.2 Å². The van der Waals surface area contributed by atoms with Crippen LogP contribution in [0.1, 0.15) is 57.2 Å². The van der Waals surface area contributed by atoms with E-state index in [1.807, 2.05) is 6.92 Å². The molecule has 3 rings (SSSR count). The Labute approximate surface area is 119 Å². The van der Waals surface area contributed by atoms with E-state index in [4.69, 9.17) is 19.7 Å². The molecule has 0 spiro atoms. The van der Waals surface area contributed by atoms with Crippen molar-refractivity contribution >= 4 is 0 Å². The highest BCUT2D eigenvalue weighted by Crippen LogP contribution is 2.29. The van der Waals surface area contributed by atoms with Gasteiger partial charge in [-0.15, -0.1) is 0 Å². The molecule has 3 unspecified atom stereocenters. The molecular formula is C14H23N3O3. The van der Waals surface area contributed by atoms with E-state index < -0.39 is 5.54 Å². The summed E-state index contributed by atoms with van der Waals surface area (Å²) in [6.07, 6.45) is 5.03. The topological polar surface area (TPSA) is 83.4 Å². The Morgan fingerprint density at radius 1 is 1.45 bits per heavy atom. The van der Waals surface area contributed by atoms with Crippen molar-refractivity contribution < 1.29 is 14.0 Å². The van der Waals surface area contributed by atoms with Crippen LogP contribution in [0.5, 0.6) is 0 Å². The van der Waals surface area contributed by atoms with E-state index in [-0.39, 0.29) is 12.0 Å². The van der Waals surface area contributed by atoms with E-state index in [1.54, 1.807) is 0 Å². The van der Waals surface area contributed by atoms with Crippen molar-refractivity contribution in [1.82, 2.24) is 10.1 Å². The maximum absolute atomic E-state index is 6.26.